The summed E-state index contributed by atoms with van der Waals surface area (Å²) in [4.78, 5) is 52.3. The third kappa shape index (κ3) is 5.41. The molecule has 1 N–H and O–H groups in total. The summed E-state index contributed by atoms with van der Waals surface area (Å²) >= 11 is 0. The summed E-state index contributed by atoms with van der Waals surface area (Å²) in [7, 11) is 0. The molecular weight excluding hydrogens is 536 g/mol. The number of likely N-dealkylation sites (tertiary alicyclic amines) is 1. The van der Waals surface area contributed by atoms with Gasteiger partial charge in [0.25, 0.3) is 5.91 Å². The second-order valence-electron chi connectivity index (χ2n) is 11.6. The molecule has 3 saturated heterocycles. The van der Waals surface area contributed by atoms with Gasteiger partial charge >= 0.3 is 0 Å². The molecule has 1 unspecified atom stereocenters. The van der Waals surface area contributed by atoms with E-state index >= 15 is 0 Å². The molecule has 3 aromatic rings. The Morgan fingerprint density at radius 2 is 1.98 bits per heavy atom. The van der Waals surface area contributed by atoms with E-state index in [1.54, 1.807) is 11.0 Å². The normalized spacial score (nSPS) is 23.3. The van der Waals surface area contributed by atoms with Crippen LogP contribution in [0, 0.1) is 0 Å². The summed E-state index contributed by atoms with van der Waals surface area (Å²) in [6, 6.07) is 11.3. The molecule has 0 spiro atoms. The van der Waals surface area contributed by atoms with Crippen molar-refractivity contribution in [3.05, 3.63) is 59.3 Å². The predicted octanol–water partition coefficient (Wildman–Crippen LogP) is 2.62. The van der Waals surface area contributed by atoms with Crippen molar-refractivity contribution in [2.45, 2.75) is 57.3 Å². The van der Waals surface area contributed by atoms with E-state index in [-0.39, 0.29) is 24.3 Å². The quantitative estimate of drug-likeness (QED) is 0.447. The van der Waals surface area contributed by atoms with Crippen LogP contribution in [0.15, 0.2) is 42.6 Å². The number of nitrogens with one attached hydrogen (secondary N) is 1. The minimum atomic E-state index is -0.618. The standard InChI is InChI=1S/C31H34N6O5/c38-28-8-7-27(29(39)34-28)37-17-22-14-23(4-5-25(22)30(37)40)42-24-9-11-35(18-24)16-20-3-6-26-21(13-20)15-32-31(33-26)36-10-1-2-12-41-19-36/h3-6,13-15,24,27H,1-2,7-12,16-19H2,(H,34,38,39)/t24-,27?/m0/s1. The second kappa shape index (κ2) is 11.3. The van der Waals surface area contributed by atoms with Crippen molar-refractivity contribution in [3.8, 4) is 5.75 Å². The lowest BCUT2D eigenvalue weighted by Gasteiger charge is -2.29. The minimum absolute atomic E-state index is 0.0496. The average molecular weight is 571 g/mol. The van der Waals surface area contributed by atoms with Crippen LogP contribution >= 0.6 is 0 Å². The molecule has 7 rings (SSSR count). The van der Waals surface area contributed by atoms with E-state index in [0.717, 1.165) is 80.2 Å². The summed E-state index contributed by atoms with van der Waals surface area (Å²) in [6.07, 6.45) is 5.61. The SMILES string of the molecule is O=C1CCC(N2Cc3cc(O[C@H]4CCN(Cc5ccc6nc(N7CCCCOC7)ncc6c5)C4)ccc3C2=O)C(=O)N1. The zero-order valence-corrected chi connectivity index (χ0v) is 23.5. The van der Waals surface area contributed by atoms with Crippen molar-refractivity contribution in [1.29, 1.82) is 0 Å². The number of nitrogens with zero attached hydrogens (tertiary/aromatic N) is 5. The third-order valence-corrected chi connectivity index (χ3v) is 8.56. The lowest BCUT2D eigenvalue weighted by molar-refractivity contribution is -0.136. The molecule has 4 aliphatic heterocycles. The molecule has 2 atom stereocenters. The van der Waals surface area contributed by atoms with Gasteiger partial charge in [-0.3, -0.25) is 24.6 Å². The van der Waals surface area contributed by atoms with E-state index in [1.807, 2.05) is 18.3 Å². The number of carbonyl (C=O) groups is 3. The van der Waals surface area contributed by atoms with Crippen LogP contribution in [0.2, 0.25) is 0 Å². The molecule has 2 aromatic carbocycles. The number of fused-ring (bicyclic) bond motifs is 2. The van der Waals surface area contributed by atoms with Crippen molar-refractivity contribution < 1.29 is 23.9 Å². The Morgan fingerprint density at radius 1 is 1.05 bits per heavy atom. The number of anilines is 1. The molecular formula is C31H34N6O5. The fourth-order valence-corrected chi connectivity index (χ4v) is 6.34. The second-order valence-corrected chi connectivity index (χ2v) is 11.6. The molecule has 42 heavy (non-hydrogen) atoms. The van der Waals surface area contributed by atoms with Crippen LogP contribution < -0.4 is 15.0 Å². The number of rotatable bonds is 6. The van der Waals surface area contributed by atoms with Crippen molar-refractivity contribution in [2.75, 3.05) is 37.9 Å². The molecule has 11 nitrogen and oxygen atoms in total. The summed E-state index contributed by atoms with van der Waals surface area (Å²) in [5.74, 6) is 0.584. The molecule has 0 saturated carbocycles. The molecule has 0 bridgehead atoms. The van der Waals surface area contributed by atoms with Crippen LogP contribution in [0.25, 0.3) is 10.9 Å². The fourth-order valence-electron chi connectivity index (χ4n) is 6.34. The zero-order valence-electron chi connectivity index (χ0n) is 23.5. The maximum atomic E-state index is 13.0. The van der Waals surface area contributed by atoms with Crippen LogP contribution in [0.3, 0.4) is 0 Å². The molecule has 11 heteroatoms. The van der Waals surface area contributed by atoms with Crippen molar-refractivity contribution in [1.82, 2.24) is 25.1 Å². The van der Waals surface area contributed by atoms with E-state index in [9.17, 15) is 14.4 Å². The Morgan fingerprint density at radius 3 is 2.88 bits per heavy atom. The topological polar surface area (TPSA) is 117 Å². The Kier molecular flexibility index (Phi) is 7.20. The van der Waals surface area contributed by atoms with Crippen LogP contribution in [0.1, 0.15) is 53.6 Å². The van der Waals surface area contributed by atoms with Gasteiger partial charge in [0.05, 0.1) is 5.52 Å². The van der Waals surface area contributed by atoms with E-state index in [2.05, 4.69) is 38.3 Å². The van der Waals surface area contributed by atoms with Gasteiger partial charge in [-0.25, -0.2) is 9.97 Å². The smallest absolute Gasteiger partial charge is 0.255 e. The molecule has 4 aliphatic rings. The maximum Gasteiger partial charge on any atom is 0.255 e. The van der Waals surface area contributed by atoms with Crippen molar-refractivity contribution in [2.24, 2.45) is 0 Å². The number of aromatic nitrogens is 2. The Labute approximate surface area is 243 Å². The van der Waals surface area contributed by atoms with Gasteiger partial charge in [-0.1, -0.05) is 6.07 Å². The maximum absolute atomic E-state index is 13.0. The number of carbonyl (C=O) groups excluding carboxylic acids is 3. The van der Waals surface area contributed by atoms with E-state index in [4.69, 9.17) is 14.5 Å². The summed E-state index contributed by atoms with van der Waals surface area (Å²) in [5.41, 5.74) is 3.58. The molecule has 3 amide bonds. The first-order chi connectivity index (χ1) is 20.5. The molecule has 5 heterocycles. The fraction of sp³-hybridized carbons (Fsp3) is 0.452. The highest BCUT2D eigenvalue weighted by atomic mass is 16.5. The number of hydrogen-bond donors (Lipinski definition) is 1. The number of ether oxygens (including phenoxy) is 2. The van der Waals surface area contributed by atoms with Gasteiger partial charge in [0.2, 0.25) is 17.8 Å². The van der Waals surface area contributed by atoms with Crippen molar-refractivity contribution in [3.63, 3.8) is 0 Å². The summed E-state index contributed by atoms with van der Waals surface area (Å²) in [6.45, 7) is 5.12. The number of piperidine rings is 1. The Balaban J connectivity index is 0.957. The lowest BCUT2D eigenvalue weighted by atomic mass is 10.0. The van der Waals surface area contributed by atoms with Gasteiger partial charge in [0.15, 0.2) is 0 Å². The van der Waals surface area contributed by atoms with Crippen LogP contribution in [-0.4, -0.2) is 82.6 Å². The minimum Gasteiger partial charge on any atom is -0.489 e. The van der Waals surface area contributed by atoms with E-state index in [0.29, 0.717) is 25.3 Å². The average Bonchev–Trinajstić information content (AvgIpc) is 3.43. The highest BCUT2D eigenvalue weighted by Gasteiger charge is 2.39. The van der Waals surface area contributed by atoms with Gasteiger partial charge in [-0.15, -0.1) is 0 Å². The van der Waals surface area contributed by atoms with Gasteiger partial charge in [-0.2, -0.15) is 0 Å². The zero-order chi connectivity index (χ0) is 28.6. The third-order valence-electron chi connectivity index (χ3n) is 8.56. The summed E-state index contributed by atoms with van der Waals surface area (Å²) in [5, 5.41) is 3.37. The molecule has 0 radical (unpaired) electrons. The van der Waals surface area contributed by atoms with Crippen LogP contribution in [-0.2, 0) is 27.4 Å². The first-order valence-electron chi connectivity index (χ1n) is 14.8. The van der Waals surface area contributed by atoms with Crippen molar-refractivity contribution >= 4 is 34.6 Å². The first-order valence-corrected chi connectivity index (χ1v) is 14.8. The van der Waals surface area contributed by atoms with Gasteiger partial charge < -0.3 is 19.3 Å². The Bertz CT molecular complexity index is 1540. The highest BCUT2D eigenvalue weighted by Crippen LogP contribution is 2.31. The molecule has 1 aromatic heterocycles. The van der Waals surface area contributed by atoms with E-state index < -0.39 is 11.9 Å². The monoisotopic (exact) mass is 570 g/mol. The lowest BCUT2D eigenvalue weighted by Crippen LogP contribution is -2.52. The van der Waals surface area contributed by atoms with Crippen LogP contribution in [0.4, 0.5) is 5.95 Å². The Hall–Kier alpha value is -4.09. The summed E-state index contributed by atoms with van der Waals surface area (Å²) < 4.78 is 12.0. The number of hydrogen-bond acceptors (Lipinski definition) is 9. The van der Waals surface area contributed by atoms with Gasteiger partial charge in [-0.05, 0) is 67.1 Å². The van der Waals surface area contributed by atoms with Gasteiger partial charge in [0, 0.05) is 62.9 Å². The largest absolute Gasteiger partial charge is 0.489 e. The first kappa shape index (κ1) is 26.8. The van der Waals surface area contributed by atoms with E-state index in [1.165, 1.54) is 5.56 Å². The molecule has 3 fully saturated rings. The number of imide groups is 1. The van der Waals surface area contributed by atoms with Gasteiger partial charge in [0.1, 0.15) is 24.6 Å². The number of benzene rings is 2. The van der Waals surface area contributed by atoms with Crippen LogP contribution in [0.5, 0.6) is 5.75 Å². The molecule has 218 valence electrons. The molecule has 0 aliphatic carbocycles. The number of amides is 3. The predicted molar refractivity (Wildman–Crippen MR) is 154 cm³/mol. The highest BCUT2D eigenvalue weighted by molar-refractivity contribution is 6.05.